The van der Waals surface area contributed by atoms with Crippen molar-refractivity contribution in [2.75, 3.05) is 19.6 Å². The molecule has 0 spiro atoms. The fourth-order valence-corrected chi connectivity index (χ4v) is 4.42. The Bertz CT molecular complexity index is 983. The average molecular weight is 376 g/mol. The summed E-state index contributed by atoms with van der Waals surface area (Å²) in [6, 6.07) is 17.9. The summed E-state index contributed by atoms with van der Waals surface area (Å²) < 4.78 is 11.7. The topological polar surface area (TPSA) is 54.7 Å². The lowest BCUT2D eigenvalue weighted by Crippen LogP contribution is -2.57. The molecule has 3 saturated heterocycles. The van der Waals surface area contributed by atoms with Crippen LogP contribution in [0.4, 0.5) is 0 Å². The normalized spacial score (nSPS) is 23.6. The molecule has 144 valence electrons. The van der Waals surface area contributed by atoms with E-state index in [1.807, 2.05) is 36.4 Å². The Morgan fingerprint density at radius 1 is 1.07 bits per heavy atom. The van der Waals surface area contributed by atoms with Crippen molar-refractivity contribution in [1.29, 1.82) is 0 Å². The summed E-state index contributed by atoms with van der Waals surface area (Å²) >= 11 is 0. The quantitative estimate of drug-likeness (QED) is 0.735. The van der Waals surface area contributed by atoms with Gasteiger partial charge in [0.05, 0.1) is 0 Å². The Balaban J connectivity index is 1.23. The first-order valence-corrected chi connectivity index (χ1v) is 9.99. The highest BCUT2D eigenvalue weighted by atomic mass is 16.5. The molecule has 3 aliphatic rings. The predicted octanol–water partition coefficient (Wildman–Crippen LogP) is 3.84. The van der Waals surface area contributed by atoms with Crippen LogP contribution in [0.1, 0.15) is 29.2 Å². The van der Waals surface area contributed by atoms with Crippen LogP contribution in [-0.2, 0) is 6.61 Å². The molecule has 1 amide bonds. The standard InChI is InChI=1S/C23H24N2O3/c26-23(24-20-14-25-12-10-17(20)11-13-25)22-9-8-18(28-22)15-27-21-7-3-5-16-4-1-2-6-19(16)21/h1-9,17,20H,10-15H2,(H,24,26). The van der Waals surface area contributed by atoms with Gasteiger partial charge in [-0.1, -0.05) is 36.4 Å². The maximum absolute atomic E-state index is 12.6. The van der Waals surface area contributed by atoms with Gasteiger partial charge < -0.3 is 19.4 Å². The number of carbonyl (C=O) groups is 1. The van der Waals surface area contributed by atoms with E-state index in [4.69, 9.17) is 9.15 Å². The molecule has 3 aliphatic heterocycles. The van der Waals surface area contributed by atoms with E-state index in [0.717, 1.165) is 36.2 Å². The van der Waals surface area contributed by atoms with E-state index in [9.17, 15) is 4.79 Å². The van der Waals surface area contributed by atoms with Crippen molar-refractivity contribution in [2.24, 2.45) is 5.92 Å². The van der Waals surface area contributed by atoms with Crippen LogP contribution in [0, 0.1) is 5.92 Å². The molecule has 1 N–H and O–H groups in total. The van der Waals surface area contributed by atoms with E-state index in [-0.39, 0.29) is 11.9 Å². The molecule has 5 nitrogen and oxygen atoms in total. The highest BCUT2D eigenvalue weighted by Crippen LogP contribution is 2.28. The van der Waals surface area contributed by atoms with Crippen molar-refractivity contribution in [1.82, 2.24) is 10.2 Å². The van der Waals surface area contributed by atoms with E-state index in [1.165, 1.54) is 12.8 Å². The minimum atomic E-state index is -0.129. The van der Waals surface area contributed by atoms with Crippen LogP contribution in [0.25, 0.3) is 10.8 Å². The van der Waals surface area contributed by atoms with Crippen molar-refractivity contribution in [2.45, 2.75) is 25.5 Å². The second kappa shape index (κ2) is 7.32. The summed E-state index contributed by atoms with van der Waals surface area (Å²) in [7, 11) is 0. The van der Waals surface area contributed by atoms with Crippen LogP contribution >= 0.6 is 0 Å². The van der Waals surface area contributed by atoms with Crippen LogP contribution < -0.4 is 10.1 Å². The number of amides is 1. The zero-order valence-corrected chi connectivity index (χ0v) is 15.8. The van der Waals surface area contributed by atoms with Gasteiger partial charge in [-0.2, -0.15) is 0 Å². The molecule has 1 atom stereocenters. The van der Waals surface area contributed by atoms with Gasteiger partial charge in [0.15, 0.2) is 5.76 Å². The van der Waals surface area contributed by atoms with Gasteiger partial charge in [-0.15, -0.1) is 0 Å². The number of fused-ring (bicyclic) bond motifs is 4. The van der Waals surface area contributed by atoms with Crippen molar-refractivity contribution in [3.8, 4) is 5.75 Å². The Labute approximate surface area is 164 Å². The van der Waals surface area contributed by atoms with Crippen LogP contribution in [-0.4, -0.2) is 36.5 Å². The van der Waals surface area contributed by atoms with E-state index >= 15 is 0 Å². The van der Waals surface area contributed by atoms with E-state index in [1.54, 1.807) is 6.07 Å². The Kier molecular flexibility index (Phi) is 4.53. The van der Waals surface area contributed by atoms with Crippen LogP contribution in [0.2, 0.25) is 0 Å². The molecule has 4 heterocycles. The summed E-state index contributed by atoms with van der Waals surface area (Å²) in [5.74, 6) is 2.28. The summed E-state index contributed by atoms with van der Waals surface area (Å²) in [5.41, 5.74) is 0. The van der Waals surface area contributed by atoms with Gasteiger partial charge in [0.2, 0.25) is 0 Å². The number of nitrogens with zero attached hydrogens (tertiary/aromatic N) is 1. The molecule has 3 fully saturated rings. The maximum atomic E-state index is 12.6. The molecule has 2 aromatic carbocycles. The number of rotatable bonds is 5. The van der Waals surface area contributed by atoms with E-state index in [2.05, 4.69) is 22.3 Å². The smallest absolute Gasteiger partial charge is 0.287 e. The van der Waals surface area contributed by atoms with Gasteiger partial charge >= 0.3 is 0 Å². The summed E-state index contributed by atoms with van der Waals surface area (Å²) in [6.45, 7) is 3.57. The lowest BCUT2D eigenvalue weighted by Gasteiger charge is -2.44. The zero-order chi connectivity index (χ0) is 18.9. The Hall–Kier alpha value is -2.79. The van der Waals surface area contributed by atoms with Crippen molar-refractivity contribution in [3.05, 3.63) is 66.1 Å². The van der Waals surface area contributed by atoms with Gasteiger partial charge in [0, 0.05) is 18.0 Å². The van der Waals surface area contributed by atoms with Gasteiger partial charge in [0.25, 0.3) is 5.91 Å². The summed E-state index contributed by atoms with van der Waals surface area (Å²) in [4.78, 5) is 15.0. The maximum Gasteiger partial charge on any atom is 0.287 e. The van der Waals surface area contributed by atoms with Gasteiger partial charge in [0.1, 0.15) is 18.1 Å². The lowest BCUT2D eigenvalue weighted by atomic mass is 9.84. The highest BCUT2D eigenvalue weighted by molar-refractivity contribution is 5.91. The third-order valence-electron chi connectivity index (χ3n) is 5.98. The van der Waals surface area contributed by atoms with Crippen molar-refractivity contribution in [3.63, 3.8) is 0 Å². The first-order chi connectivity index (χ1) is 13.8. The molecule has 28 heavy (non-hydrogen) atoms. The predicted molar refractivity (Wildman–Crippen MR) is 107 cm³/mol. The Morgan fingerprint density at radius 2 is 1.89 bits per heavy atom. The number of hydrogen-bond donors (Lipinski definition) is 1. The first kappa shape index (κ1) is 17.3. The molecular weight excluding hydrogens is 352 g/mol. The van der Waals surface area contributed by atoms with Gasteiger partial charge in [-0.05, 0) is 55.4 Å². The molecule has 0 aliphatic carbocycles. The second-order valence-electron chi connectivity index (χ2n) is 7.75. The number of piperidine rings is 3. The van der Waals surface area contributed by atoms with E-state index < -0.39 is 0 Å². The zero-order valence-electron chi connectivity index (χ0n) is 15.8. The fraction of sp³-hybridized carbons (Fsp3) is 0.348. The Morgan fingerprint density at radius 3 is 2.71 bits per heavy atom. The SMILES string of the molecule is O=C(NC1CN2CCC1CC2)c1ccc(COc2cccc3ccccc23)o1. The monoisotopic (exact) mass is 376 g/mol. The summed E-state index contributed by atoms with van der Waals surface area (Å²) in [5, 5.41) is 5.37. The minimum Gasteiger partial charge on any atom is -0.485 e. The molecule has 6 rings (SSSR count). The minimum absolute atomic E-state index is 0.129. The van der Waals surface area contributed by atoms with Gasteiger partial charge in [-0.3, -0.25) is 4.79 Å². The number of ether oxygens (including phenoxy) is 1. The van der Waals surface area contributed by atoms with Gasteiger partial charge in [-0.25, -0.2) is 0 Å². The largest absolute Gasteiger partial charge is 0.485 e. The lowest BCUT2D eigenvalue weighted by molar-refractivity contribution is 0.0604. The number of nitrogens with one attached hydrogen (secondary N) is 1. The fourth-order valence-electron chi connectivity index (χ4n) is 4.42. The first-order valence-electron chi connectivity index (χ1n) is 9.99. The van der Waals surface area contributed by atoms with Crippen molar-refractivity contribution >= 4 is 16.7 Å². The number of benzene rings is 2. The second-order valence-corrected chi connectivity index (χ2v) is 7.75. The molecule has 5 heteroatoms. The van der Waals surface area contributed by atoms with E-state index in [0.29, 0.717) is 24.0 Å². The van der Waals surface area contributed by atoms with Crippen LogP contribution in [0.15, 0.2) is 59.0 Å². The molecule has 3 aromatic rings. The summed E-state index contributed by atoms with van der Waals surface area (Å²) in [6.07, 6.45) is 2.35. The average Bonchev–Trinajstić information content (AvgIpc) is 3.22. The number of furan rings is 1. The molecule has 0 radical (unpaired) electrons. The van der Waals surface area contributed by atoms with Crippen LogP contribution in [0.3, 0.4) is 0 Å². The molecular formula is C23H24N2O3. The third kappa shape index (κ3) is 3.38. The molecule has 1 unspecified atom stereocenters. The molecule has 2 bridgehead atoms. The number of hydrogen-bond acceptors (Lipinski definition) is 4. The highest BCUT2D eigenvalue weighted by Gasteiger charge is 2.35. The van der Waals surface area contributed by atoms with Crippen molar-refractivity contribution < 1.29 is 13.9 Å². The number of carbonyl (C=O) groups excluding carboxylic acids is 1. The third-order valence-corrected chi connectivity index (χ3v) is 5.98. The van der Waals surface area contributed by atoms with Crippen LogP contribution in [0.5, 0.6) is 5.75 Å². The molecule has 0 saturated carbocycles. The molecule has 1 aromatic heterocycles.